The van der Waals surface area contributed by atoms with Gasteiger partial charge in [0.1, 0.15) is 0 Å². The molecule has 4 nitrogen and oxygen atoms in total. The van der Waals surface area contributed by atoms with Crippen LogP contribution in [-0.4, -0.2) is 12.5 Å². The van der Waals surface area contributed by atoms with Crippen molar-refractivity contribution in [3.8, 4) is 0 Å². The number of para-hydroxylation sites is 1. The first-order valence-corrected chi connectivity index (χ1v) is 6.56. The maximum absolute atomic E-state index is 12.6. The summed E-state index contributed by atoms with van der Waals surface area (Å²) in [5.74, 6) is -0.0965. The van der Waals surface area contributed by atoms with Crippen LogP contribution < -0.4 is 16.4 Å². The summed E-state index contributed by atoms with van der Waals surface area (Å²) < 4.78 is 0. The molecule has 4 N–H and O–H groups in total. The van der Waals surface area contributed by atoms with E-state index in [1.807, 2.05) is 38.1 Å². The molecule has 0 heterocycles. The molecule has 20 heavy (non-hydrogen) atoms. The first-order valence-electron chi connectivity index (χ1n) is 6.56. The van der Waals surface area contributed by atoms with E-state index in [1.54, 1.807) is 23.1 Å². The second-order valence-electron chi connectivity index (χ2n) is 4.72. The third-order valence-corrected chi connectivity index (χ3v) is 3.19. The maximum atomic E-state index is 12.6. The van der Waals surface area contributed by atoms with Crippen molar-refractivity contribution in [2.45, 2.75) is 13.8 Å². The minimum Gasteiger partial charge on any atom is -0.399 e. The summed E-state index contributed by atoms with van der Waals surface area (Å²) in [6.07, 6.45) is 0. The molecule has 0 aliphatic rings. The predicted octanol–water partition coefficient (Wildman–Crippen LogP) is 2.83. The maximum Gasteiger partial charge on any atom is 0.258 e. The van der Waals surface area contributed by atoms with Crippen LogP contribution in [0.15, 0.2) is 42.5 Å². The van der Waals surface area contributed by atoms with Crippen LogP contribution in [0.1, 0.15) is 22.8 Å². The van der Waals surface area contributed by atoms with Gasteiger partial charge in [0.2, 0.25) is 0 Å². The van der Waals surface area contributed by atoms with Crippen LogP contribution in [0.5, 0.6) is 0 Å². The van der Waals surface area contributed by atoms with Crippen LogP contribution >= 0.6 is 0 Å². The zero-order valence-corrected chi connectivity index (χ0v) is 11.8. The first-order chi connectivity index (χ1) is 9.52. The lowest BCUT2D eigenvalue weighted by Gasteiger charge is -2.23. The zero-order valence-electron chi connectivity index (χ0n) is 11.8. The molecule has 0 bridgehead atoms. The van der Waals surface area contributed by atoms with Gasteiger partial charge in [-0.3, -0.25) is 4.79 Å². The summed E-state index contributed by atoms with van der Waals surface area (Å²) in [5.41, 5.74) is 15.0. The number of anilines is 3. The predicted molar refractivity (Wildman–Crippen MR) is 83.8 cm³/mol. The number of hydrogen-bond donors (Lipinski definition) is 2. The van der Waals surface area contributed by atoms with Crippen molar-refractivity contribution < 1.29 is 4.79 Å². The number of carbonyl (C=O) groups is 1. The van der Waals surface area contributed by atoms with Crippen molar-refractivity contribution >= 4 is 23.0 Å². The van der Waals surface area contributed by atoms with Gasteiger partial charge in [0, 0.05) is 29.2 Å². The monoisotopic (exact) mass is 269 g/mol. The Labute approximate surface area is 119 Å². The fourth-order valence-corrected chi connectivity index (χ4v) is 2.25. The number of carbonyl (C=O) groups excluding carboxylic acids is 1. The van der Waals surface area contributed by atoms with E-state index in [2.05, 4.69) is 0 Å². The van der Waals surface area contributed by atoms with Crippen LogP contribution in [0.25, 0.3) is 0 Å². The Bertz CT molecular complexity index is 617. The third-order valence-electron chi connectivity index (χ3n) is 3.19. The molecule has 2 rings (SSSR count). The van der Waals surface area contributed by atoms with Crippen molar-refractivity contribution in [1.29, 1.82) is 0 Å². The molecule has 0 aliphatic heterocycles. The van der Waals surface area contributed by atoms with E-state index in [9.17, 15) is 4.79 Å². The van der Waals surface area contributed by atoms with E-state index < -0.39 is 0 Å². The third kappa shape index (κ3) is 2.74. The Morgan fingerprint density at radius 1 is 1.10 bits per heavy atom. The van der Waals surface area contributed by atoms with Gasteiger partial charge in [-0.2, -0.15) is 0 Å². The van der Waals surface area contributed by atoms with E-state index in [0.29, 0.717) is 23.5 Å². The normalized spacial score (nSPS) is 10.3. The molecule has 0 aliphatic carbocycles. The van der Waals surface area contributed by atoms with Crippen molar-refractivity contribution in [3.05, 3.63) is 53.6 Å². The van der Waals surface area contributed by atoms with E-state index in [0.717, 1.165) is 11.3 Å². The van der Waals surface area contributed by atoms with Gasteiger partial charge in [0.15, 0.2) is 0 Å². The summed E-state index contributed by atoms with van der Waals surface area (Å²) in [4.78, 5) is 14.4. The Balaban J connectivity index is 2.42. The van der Waals surface area contributed by atoms with Crippen molar-refractivity contribution in [2.75, 3.05) is 22.9 Å². The molecule has 0 atom stereocenters. The fraction of sp³-hybridized carbons (Fsp3) is 0.188. The van der Waals surface area contributed by atoms with Gasteiger partial charge < -0.3 is 16.4 Å². The van der Waals surface area contributed by atoms with Crippen LogP contribution in [-0.2, 0) is 0 Å². The molecular weight excluding hydrogens is 250 g/mol. The summed E-state index contributed by atoms with van der Waals surface area (Å²) in [6.45, 7) is 4.51. The Morgan fingerprint density at radius 2 is 1.70 bits per heavy atom. The molecule has 1 amide bonds. The minimum absolute atomic E-state index is 0.0965. The number of benzene rings is 2. The molecule has 2 aromatic carbocycles. The highest BCUT2D eigenvalue weighted by atomic mass is 16.2. The van der Waals surface area contributed by atoms with Gasteiger partial charge in [-0.1, -0.05) is 18.2 Å². The van der Waals surface area contributed by atoms with E-state index in [4.69, 9.17) is 11.5 Å². The van der Waals surface area contributed by atoms with Gasteiger partial charge in [-0.25, -0.2) is 0 Å². The fourth-order valence-electron chi connectivity index (χ4n) is 2.25. The number of nitrogens with two attached hydrogens (primary N) is 2. The molecule has 0 radical (unpaired) electrons. The minimum atomic E-state index is -0.0965. The van der Waals surface area contributed by atoms with E-state index in [1.165, 1.54) is 0 Å². The highest BCUT2D eigenvalue weighted by Gasteiger charge is 2.18. The van der Waals surface area contributed by atoms with Gasteiger partial charge in [0.05, 0.1) is 0 Å². The van der Waals surface area contributed by atoms with E-state index >= 15 is 0 Å². The Morgan fingerprint density at radius 3 is 2.25 bits per heavy atom. The molecule has 0 fully saturated rings. The summed E-state index contributed by atoms with van der Waals surface area (Å²) >= 11 is 0. The lowest BCUT2D eigenvalue weighted by atomic mass is 10.1. The Hall–Kier alpha value is -2.49. The van der Waals surface area contributed by atoms with Gasteiger partial charge in [-0.05, 0) is 43.7 Å². The smallest absolute Gasteiger partial charge is 0.258 e. The van der Waals surface area contributed by atoms with Gasteiger partial charge in [0.25, 0.3) is 5.91 Å². The molecule has 4 heteroatoms. The second-order valence-corrected chi connectivity index (χ2v) is 4.72. The standard InChI is InChI=1S/C16H19N3O/c1-3-19(15-7-5-4-6-11(15)2)16(20)12-8-13(17)10-14(18)9-12/h4-10H,3,17-18H2,1-2H3. The van der Waals surface area contributed by atoms with Gasteiger partial charge in [-0.15, -0.1) is 0 Å². The highest BCUT2D eigenvalue weighted by molar-refractivity contribution is 6.07. The quantitative estimate of drug-likeness (QED) is 0.841. The number of aryl methyl sites for hydroxylation is 1. The molecule has 104 valence electrons. The zero-order chi connectivity index (χ0) is 14.7. The summed E-state index contributed by atoms with van der Waals surface area (Å²) in [5, 5.41) is 0. The van der Waals surface area contributed by atoms with Crippen molar-refractivity contribution in [3.63, 3.8) is 0 Å². The largest absolute Gasteiger partial charge is 0.399 e. The molecule has 2 aromatic rings. The number of rotatable bonds is 3. The van der Waals surface area contributed by atoms with Crippen molar-refractivity contribution in [1.82, 2.24) is 0 Å². The lowest BCUT2D eigenvalue weighted by molar-refractivity contribution is 0.0988. The average Bonchev–Trinajstić information content (AvgIpc) is 2.40. The number of nitrogen functional groups attached to an aromatic ring is 2. The molecule has 0 saturated carbocycles. The molecule has 0 spiro atoms. The SMILES string of the molecule is CCN(C(=O)c1cc(N)cc(N)c1)c1ccccc1C. The molecule has 0 aromatic heterocycles. The van der Waals surface area contributed by atoms with Crippen LogP contribution in [0, 0.1) is 6.92 Å². The average molecular weight is 269 g/mol. The van der Waals surface area contributed by atoms with Crippen molar-refractivity contribution in [2.24, 2.45) is 0 Å². The second kappa shape index (κ2) is 5.65. The Kier molecular flexibility index (Phi) is 3.94. The molecule has 0 saturated heterocycles. The molecule has 0 unspecified atom stereocenters. The number of nitrogens with zero attached hydrogens (tertiary/aromatic N) is 1. The summed E-state index contributed by atoms with van der Waals surface area (Å²) in [7, 11) is 0. The van der Waals surface area contributed by atoms with Gasteiger partial charge >= 0.3 is 0 Å². The van der Waals surface area contributed by atoms with Crippen LogP contribution in [0.3, 0.4) is 0 Å². The first kappa shape index (κ1) is 13.9. The van der Waals surface area contributed by atoms with Crippen LogP contribution in [0.2, 0.25) is 0 Å². The topological polar surface area (TPSA) is 72.3 Å². The lowest BCUT2D eigenvalue weighted by Crippen LogP contribution is -2.31. The number of amides is 1. The van der Waals surface area contributed by atoms with Crippen LogP contribution in [0.4, 0.5) is 17.1 Å². The highest BCUT2D eigenvalue weighted by Crippen LogP contribution is 2.23. The number of hydrogen-bond acceptors (Lipinski definition) is 3. The molecular formula is C16H19N3O. The van der Waals surface area contributed by atoms with E-state index in [-0.39, 0.29) is 5.91 Å². The summed E-state index contributed by atoms with van der Waals surface area (Å²) in [6, 6.07) is 12.7.